The first kappa shape index (κ1) is 12.4. The number of quaternary nitrogens is 1. The Morgan fingerprint density at radius 3 is 2.17 bits per heavy atom. The van der Waals surface area contributed by atoms with E-state index < -0.39 is 0 Å². The van der Waals surface area contributed by atoms with Crippen molar-refractivity contribution >= 4 is 15.9 Å². The maximum atomic E-state index is 5.42. The van der Waals surface area contributed by atoms with Gasteiger partial charge in [-0.3, -0.25) is 0 Å². The van der Waals surface area contributed by atoms with Crippen LogP contribution in [0.5, 0.6) is 0 Å². The standard InChI is InChI=1S/C9H22BrN2/c1-12(2,3)9(10)7-5-4-6-8-11/h9H,4-8,11H2,1-3H3/q+1. The Morgan fingerprint density at radius 1 is 1.17 bits per heavy atom. The van der Waals surface area contributed by atoms with E-state index in [9.17, 15) is 0 Å². The molecule has 1 unspecified atom stereocenters. The second-order valence-corrected chi connectivity index (χ2v) is 5.25. The minimum Gasteiger partial charge on any atom is -0.330 e. The Bertz CT molecular complexity index is 110. The summed E-state index contributed by atoms with van der Waals surface area (Å²) in [6.45, 7) is 0.831. The fourth-order valence-corrected chi connectivity index (χ4v) is 1.34. The number of unbranched alkanes of at least 4 members (excludes halogenated alkanes) is 2. The Morgan fingerprint density at radius 2 is 1.75 bits per heavy atom. The molecule has 0 rings (SSSR count). The Hall–Kier alpha value is 0.400. The zero-order chi connectivity index (χ0) is 9.61. The number of alkyl halides is 1. The average molecular weight is 238 g/mol. The molecule has 3 heteroatoms. The maximum absolute atomic E-state index is 5.42. The second-order valence-electron chi connectivity index (χ2n) is 4.19. The van der Waals surface area contributed by atoms with Gasteiger partial charge in [-0.1, -0.05) is 6.42 Å². The average Bonchev–Trinajstić information content (AvgIpc) is 1.96. The third kappa shape index (κ3) is 5.98. The lowest BCUT2D eigenvalue weighted by atomic mass is 10.2. The lowest BCUT2D eigenvalue weighted by Crippen LogP contribution is -2.41. The highest BCUT2D eigenvalue weighted by Gasteiger charge is 2.18. The van der Waals surface area contributed by atoms with Crippen LogP contribution in [0.3, 0.4) is 0 Å². The highest BCUT2D eigenvalue weighted by molar-refractivity contribution is 9.09. The first-order valence-corrected chi connectivity index (χ1v) is 5.55. The molecule has 1 atom stereocenters. The fourth-order valence-electron chi connectivity index (χ4n) is 1.02. The van der Waals surface area contributed by atoms with E-state index in [1.165, 1.54) is 19.3 Å². The monoisotopic (exact) mass is 237 g/mol. The van der Waals surface area contributed by atoms with Crippen LogP contribution in [0.15, 0.2) is 0 Å². The summed E-state index contributed by atoms with van der Waals surface area (Å²) in [7, 11) is 6.63. The molecule has 0 aromatic carbocycles. The van der Waals surface area contributed by atoms with Gasteiger partial charge in [-0.05, 0) is 35.3 Å². The zero-order valence-corrected chi connectivity index (χ0v) is 10.1. The SMILES string of the molecule is C[N+](C)(C)C(Br)CCCCCN. The first-order valence-electron chi connectivity index (χ1n) is 4.63. The van der Waals surface area contributed by atoms with Crippen molar-refractivity contribution in [3.8, 4) is 0 Å². The molecule has 12 heavy (non-hydrogen) atoms. The predicted octanol–water partition coefficient (Wildman–Crippen LogP) is 1.93. The smallest absolute Gasteiger partial charge is 0.143 e. The third-order valence-electron chi connectivity index (χ3n) is 1.99. The van der Waals surface area contributed by atoms with E-state index in [1.807, 2.05) is 0 Å². The largest absolute Gasteiger partial charge is 0.330 e. The molecule has 0 aliphatic carbocycles. The van der Waals surface area contributed by atoms with Gasteiger partial charge >= 0.3 is 0 Å². The summed E-state index contributed by atoms with van der Waals surface area (Å²) in [4.78, 5) is 0.579. The minimum atomic E-state index is 0.579. The lowest BCUT2D eigenvalue weighted by Gasteiger charge is -2.30. The molecule has 0 aliphatic heterocycles. The second kappa shape index (κ2) is 5.95. The van der Waals surface area contributed by atoms with Crippen LogP contribution in [0.4, 0.5) is 0 Å². The number of hydrogen-bond acceptors (Lipinski definition) is 1. The van der Waals surface area contributed by atoms with E-state index in [4.69, 9.17) is 5.73 Å². The third-order valence-corrected chi connectivity index (χ3v) is 3.67. The van der Waals surface area contributed by atoms with Crippen molar-refractivity contribution in [3.63, 3.8) is 0 Å². The zero-order valence-electron chi connectivity index (χ0n) is 8.52. The molecule has 0 heterocycles. The number of nitrogens with two attached hydrogens (primary N) is 1. The molecule has 0 aromatic heterocycles. The van der Waals surface area contributed by atoms with Crippen molar-refractivity contribution < 1.29 is 4.48 Å². The van der Waals surface area contributed by atoms with Gasteiger partial charge in [0.05, 0.1) is 21.1 Å². The van der Waals surface area contributed by atoms with Gasteiger partial charge in [-0.25, -0.2) is 0 Å². The maximum Gasteiger partial charge on any atom is 0.143 e. The van der Waals surface area contributed by atoms with Gasteiger partial charge in [-0.15, -0.1) is 0 Å². The highest BCUT2D eigenvalue weighted by Crippen LogP contribution is 2.17. The first-order chi connectivity index (χ1) is 5.48. The molecule has 0 amide bonds. The molecule has 0 bridgehead atoms. The van der Waals surface area contributed by atoms with Crippen molar-refractivity contribution in [2.24, 2.45) is 5.73 Å². The number of halogens is 1. The van der Waals surface area contributed by atoms with Gasteiger partial charge < -0.3 is 10.2 Å². The molecule has 0 saturated heterocycles. The molecule has 0 radical (unpaired) electrons. The van der Waals surface area contributed by atoms with E-state index >= 15 is 0 Å². The van der Waals surface area contributed by atoms with E-state index in [0.29, 0.717) is 4.95 Å². The van der Waals surface area contributed by atoms with Gasteiger partial charge in [0, 0.05) is 6.42 Å². The van der Waals surface area contributed by atoms with Crippen LogP contribution in [-0.2, 0) is 0 Å². The molecule has 0 aromatic rings. The summed E-state index contributed by atoms with van der Waals surface area (Å²) in [5.74, 6) is 0. The molecule has 0 fully saturated rings. The topological polar surface area (TPSA) is 26.0 Å². The van der Waals surface area contributed by atoms with Crippen molar-refractivity contribution in [1.82, 2.24) is 0 Å². The van der Waals surface area contributed by atoms with Crippen LogP contribution in [0.25, 0.3) is 0 Å². The molecule has 2 N–H and O–H groups in total. The fraction of sp³-hybridized carbons (Fsp3) is 1.00. The molecular weight excluding hydrogens is 216 g/mol. The summed E-state index contributed by atoms with van der Waals surface area (Å²) in [6, 6.07) is 0. The Balaban J connectivity index is 3.38. The summed E-state index contributed by atoms with van der Waals surface area (Å²) in [5.41, 5.74) is 5.42. The highest BCUT2D eigenvalue weighted by atomic mass is 79.9. The van der Waals surface area contributed by atoms with Gasteiger partial charge in [0.25, 0.3) is 0 Å². The Kier molecular flexibility index (Phi) is 6.14. The summed E-state index contributed by atoms with van der Waals surface area (Å²) >= 11 is 3.69. The van der Waals surface area contributed by atoms with Crippen LogP contribution < -0.4 is 5.73 Å². The summed E-state index contributed by atoms with van der Waals surface area (Å²) < 4.78 is 0.989. The van der Waals surface area contributed by atoms with Gasteiger partial charge in [0.1, 0.15) is 4.95 Å². The minimum absolute atomic E-state index is 0.579. The van der Waals surface area contributed by atoms with Crippen LogP contribution in [0.2, 0.25) is 0 Å². The van der Waals surface area contributed by atoms with Crippen molar-refractivity contribution in [3.05, 3.63) is 0 Å². The van der Waals surface area contributed by atoms with E-state index in [-0.39, 0.29) is 0 Å². The van der Waals surface area contributed by atoms with Crippen LogP contribution in [0.1, 0.15) is 25.7 Å². The normalized spacial score (nSPS) is 14.8. The molecule has 0 spiro atoms. The van der Waals surface area contributed by atoms with E-state index in [1.54, 1.807) is 0 Å². The number of rotatable bonds is 6. The molecule has 0 aliphatic rings. The summed E-state index contributed by atoms with van der Waals surface area (Å²) in [5, 5.41) is 0. The molecular formula is C9H22BrN2+. The quantitative estimate of drug-likeness (QED) is 0.325. The Labute approximate surface area is 84.8 Å². The van der Waals surface area contributed by atoms with Crippen LogP contribution in [-0.4, -0.2) is 37.1 Å². The van der Waals surface area contributed by atoms with Gasteiger partial charge in [0.2, 0.25) is 0 Å². The van der Waals surface area contributed by atoms with Crippen molar-refractivity contribution in [1.29, 1.82) is 0 Å². The van der Waals surface area contributed by atoms with E-state index in [2.05, 4.69) is 37.1 Å². The van der Waals surface area contributed by atoms with E-state index in [0.717, 1.165) is 17.4 Å². The predicted molar refractivity (Wildman–Crippen MR) is 58.3 cm³/mol. The number of hydrogen-bond donors (Lipinski definition) is 1. The lowest BCUT2D eigenvalue weighted by molar-refractivity contribution is -0.879. The van der Waals surface area contributed by atoms with Gasteiger partial charge in [0.15, 0.2) is 0 Å². The number of nitrogens with zero attached hydrogens (tertiary/aromatic N) is 1. The molecule has 74 valence electrons. The van der Waals surface area contributed by atoms with Crippen LogP contribution in [0, 0.1) is 0 Å². The molecule has 2 nitrogen and oxygen atoms in total. The van der Waals surface area contributed by atoms with Gasteiger partial charge in [-0.2, -0.15) is 0 Å². The van der Waals surface area contributed by atoms with Crippen molar-refractivity contribution in [2.45, 2.75) is 30.6 Å². The van der Waals surface area contributed by atoms with Crippen LogP contribution >= 0.6 is 15.9 Å². The molecule has 0 saturated carbocycles. The van der Waals surface area contributed by atoms with Crippen molar-refractivity contribution in [2.75, 3.05) is 27.7 Å². The summed E-state index contributed by atoms with van der Waals surface area (Å²) in [6.07, 6.45) is 4.95.